The zero-order valence-corrected chi connectivity index (χ0v) is 14.4. The van der Waals surface area contributed by atoms with Crippen LogP contribution in [0.4, 0.5) is 0 Å². The van der Waals surface area contributed by atoms with Gasteiger partial charge in [0.25, 0.3) is 5.91 Å². The van der Waals surface area contributed by atoms with E-state index in [-0.39, 0.29) is 11.7 Å². The van der Waals surface area contributed by atoms with Gasteiger partial charge in [0.15, 0.2) is 11.5 Å². The van der Waals surface area contributed by atoms with Gasteiger partial charge in [-0.15, -0.1) is 0 Å². The molecule has 1 aliphatic rings. The van der Waals surface area contributed by atoms with Gasteiger partial charge in [-0.05, 0) is 68.3 Å². The molecule has 0 aromatic heterocycles. The Balaban J connectivity index is 2.35. The standard InChI is InChI=1S/C17H18BrNO3/c1-4-22-17(11(2)9-15(20)10-12(17)3)19-16(21)13-5-7-14(18)8-6-13/h5-10H,4H2,1-3H3,(H,19,21). The van der Waals surface area contributed by atoms with Crippen LogP contribution in [0.15, 0.2) is 52.0 Å². The lowest BCUT2D eigenvalue weighted by atomic mass is 9.89. The van der Waals surface area contributed by atoms with Crippen molar-refractivity contribution in [3.8, 4) is 0 Å². The topological polar surface area (TPSA) is 55.4 Å². The number of ketones is 1. The summed E-state index contributed by atoms with van der Waals surface area (Å²) >= 11 is 3.34. The Labute approximate surface area is 138 Å². The maximum atomic E-state index is 12.5. The summed E-state index contributed by atoms with van der Waals surface area (Å²) in [6.07, 6.45) is 2.98. The van der Waals surface area contributed by atoms with Crippen LogP contribution in [0.1, 0.15) is 31.1 Å². The molecule has 0 radical (unpaired) electrons. The fraction of sp³-hybridized carbons (Fsp3) is 0.294. The zero-order valence-electron chi connectivity index (χ0n) is 12.8. The van der Waals surface area contributed by atoms with Crippen molar-refractivity contribution < 1.29 is 14.3 Å². The van der Waals surface area contributed by atoms with Gasteiger partial charge in [0.05, 0.1) is 0 Å². The summed E-state index contributed by atoms with van der Waals surface area (Å²) in [5.74, 6) is -0.348. The Morgan fingerprint density at radius 3 is 2.23 bits per heavy atom. The van der Waals surface area contributed by atoms with E-state index in [9.17, 15) is 9.59 Å². The molecule has 0 unspecified atom stereocenters. The summed E-state index contributed by atoms with van der Waals surface area (Å²) in [7, 11) is 0. The number of carbonyl (C=O) groups is 2. The van der Waals surface area contributed by atoms with Crippen LogP contribution in [0, 0.1) is 0 Å². The third-order valence-corrected chi connectivity index (χ3v) is 4.11. The number of carbonyl (C=O) groups excluding carboxylic acids is 2. The number of halogens is 1. The molecule has 0 fully saturated rings. The second-order valence-corrected chi connectivity index (χ2v) is 6.05. The molecule has 5 heteroatoms. The first-order chi connectivity index (χ1) is 10.4. The molecule has 0 heterocycles. The van der Waals surface area contributed by atoms with Gasteiger partial charge in [-0.2, -0.15) is 0 Å². The molecule has 116 valence electrons. The smallest absolute Gasteiger partial charge is 0.253 e. The van der Waals surface area contributed by atoms with Gasteiger partial charge in [-0.1, -0.05) is 15.9 Å². The number of benzene rings is 1. The van der Waals surface area contributed by atoms with Crippen LogP contribution >= 0.6 is 15.9 Å². The van der Waals surface area contributed by atoms with E-state index in [2.05, 4.69) is 21.2 Å². The van der Waals surface area contributed by atoms with E-state index in [0.717, 1.165) is 4.47 Å². The third kappa shape index (κ3) is 3.20. The quantitative estimate of drug-likeness (QED) is 0.834. The first-order valence-corrected chi connectivity index (χ1v) is 7.82. The summed E-state index contributed by atoms with van der Waals surface area (Å²) in [6.45, 7) is 5.83. The highest BCUT2D eigenvalue weighted by atomic mass is 79.9. The summed E-state index contributed by atoms with van der Waals surface area (Å²) in [5, 5.41) is 2.92. The van der Waals surface area contributed by atoms with E-state index >= 15 is 0 Å². The highest BCUT2D eigenvalue weighted by molar-refractivity contribution is 9.10. The Morgan fingerprint density at radius 1 is 1.18 bits per heavy atom. The molecule has 1 amide bonds. The predicted molar refractivity (Wildman–Crippen MR) is 88.5 cm³/mol. The van der Waals surface area contributed by atoms with Crippen LogP contribution in [0.3, 0.4) is 0 Å². The van der Waals surface area contributed by atoms with Crippen LogP contribution in [0.5, 0.6) is 0 Å². The van der Waals surface area contributed by atoms with Gasteiger partial charge in [-0.25, -0.2) is 0 Å². The Kier molecular flexibility index (Phi) is 4.98. The van der Waals surface area contributed by atoms with Crippen LogP contribution in [-0.4, -0.2) is 24.0 Å². The molecule has 1 aromatic carbocycles. The van der Waals surface area contributed by atoms with E-state index < -0.39 is 5.72 Å². The fourth-order valence-corrected chi connectivity index (χ4v) is 2.76. The maximum absolute atomic E-state index is 12.5. The lowest BCUT2D eigenvalue weighted by Gasteiger charge is -2.38. The van der Waals surface area contributed by atoms with Crippen molar-refractivity contribution in [1.82, 2.24) is 5.32 Å². The Bertz CT molecular complexity index is 637. The first-order valence-electron chi connectivity index (χ1n) is 7.02. The molecule has 0 bridgehead atoms. The summed E-state index contributed by atoms with van der Waals surface area (Å²) < 4.78 is 6.73. The minimum atomic E-state index is -1.06. The summed E-state index contributed by atoms with van der Waals surface area (Å²) in [6, 6.07) is 7.06. The zero-order chi connectivity index (χ0) is 16.3. The molecule has 0 aliphatic heterocycles. The number of nitrogens with one attached hydrogen (secondary N) is 1. The maximum Gasteiger partial charge on any atom is 0.253 e. The molecule has 1 N–H and O–H groups in total. The largest absolute Gasteiger partial charge is 0.348 e. The van der Waals surface area contributed by atoms with Crippen molar-refractivity contribution in [2.24, 2.45) is 0 Å². The molecule has 0 saturated carbocycles. The monoisotopic (exact) mass is 363 g/mol. The average molecular weight is 364 g/mol. The molecule has 1 aromatic rings. The van der Waals surface area contributed by atoms with Crippen molar-refractivity contribution in [3.05, 3.63) is 57.6 Å². The summed E-state index contributed by atoms with van der Waals surface area (Å²) in [4.78, 5) is 24.2. The lowest BCUT2D eigenvalue weighted by molar-refractivity contribution is -0.111. The molecule has 2 rings (SSSR count). The highest BCUT2D eigenvalue weighted by Gasteiger charge is 2.39. The van der Waals surface area contributed by atoms with Crippen molar-refractivity contribution in [2.45, 2.75) is 26.5 Å². The molecule has 22 heavy (non-hydrogen) atoms. The second-order valence-electron chi connectivity index (χ2n) is 5.13. The average Bonchev–Trinajstić information content (AvgIpc) is 2.45. The molecule has 0 spiro atoms. The third-order valence-electron chi connectivity index (χ3n) is 3.58. The van der Waals surface area contributed by atoms with Crippen molar-refractivity contribution in [1.29, 1.82) is 0 Å². The van der Waals surface area contributed by atoms with Gasteiger partial charge < -0.3 is 10.1 Å². The van der Waals surface area contributed by atoms with Gasteiger partial charge in [0, 0.05) is 16.6 Å². The van der Waals surface area contributed by atoms with E-state index in [1.54, 1.807) is 38.1 Å². The van der Waals surface area contributed by atoms with Crippen molar-refractivity contribution in [3.63, 3.8) is 0 Å². The number of ether oxygens (including phenoxy) is 1. The van der Waals surface area contributed by atoms with Crippen LogP contribution in [0.25, 0.3) is 0 Å². The normalized spacial score (nSPS) is 16.8. The van der Waals surface area contributed by atoms with Crippen LogP contribution in [-0.2, 0) is 9.53 Å². The molecule has 1 aliphatic carbocycles. The number of allylic oxidation sites excluding steroid dienone is 2. The number of rotatable bonds is 4. The van der Waals surface area contributed by atoms with E-state index in [1.165, 1.54) is 12.2 Å². The Morgan fingerprint density at radius 2 is 1.73 bits per heavy atom. The lowest BCUT2D eigenvalue weighted by Crippen LogP contribution is -2.53. The first kappa shape index (κ1) is 16.6. The fourth-order valence-electron chi connectivity index (χ4n) is 2.49. The van der Waals surface area contributed by atoms with E-state index in [0.29, 0.717) is 23.3 Å². The number of amides is 1. The van der Waals surface area contributed by atoms with Gasteiger partial charge in [0.1, 0.15) is 0 Å². The molecule has 4 nitrogen and oxygen atoms in total. The minimum Gasteiger partial charge on any atom is -0.348 e. The SMILES string of the molecule is CCOC1(NC(=O)c2ccc(Br)cc2)C(C)=CC(=O)C=C1C. The minimum absolute atomic E-state index is 0.0942. The Hall–Kier alpha value is -1.72. The van der Waals surface area contributed by atoms with E-state index in [1.807, 2.05) is 6.92 Å². The molecule has 0 atom stereocenters. The van der Waals surface area contributed by atoms with Gasteiger partial charge in [-0.3, -0.25) is 9.59 Å². The number of hydrogen-bond acceptors (Lipinski definition) is 3. The van der Waals surface area contributed by atoms with Crippen LogP contribution < -0.4 is 5.32 Å². The highest BCUT2D eigenvalue weighted by Crippen LogP contribution is 2.31. The van der Waals surface area contributed by atoms with Crippen LogP contribution in [0.2, 0.25) is 0 Å². The molecular weight excluding hydrogens is 346 g/mol. The molecular formula is C17H18BrNO3. The van der Waals surface area contributed by atoms with Crippen molar-refractivity contribution in [2.75, 3.05) is 6.61 Å². The van der Waals surface area contributed by atoms with Gasteiger partial charge in [0.2, 0.25) is 0 Å². The second kappa shape index (κ2) is 6.58. The summed E-state index contributed by atoms with van der Waals surface area (Å²) in [5.41, 5.74) is 0.807. The van der Waals surface area contributed by atoms with Gasteiger partial charge >= 0.3 is 0 Å². The number of hydrogen-bond donors (Lipinski definition) is 1. The molecule has 0 saturated heterocycles. The van der Waals surface area contributed by atoms with Crippen molar-refractivity contribution >= 4 is 27.6 Å². The van der Waals surface area contributed by atoms with E-state index in [4.69, 9.17) is 4.74 Å². The predicted octanol–water partition coefficient (Wildman–Crippen LogP) is 3.39.